The lowest BCUT2D eigenvalue weighted by molar-refractivity contribution is 0.644. The summed E-state index contributed by atoms with van der Waals surface area (Å²) < 4.78 is 0. The molecule has 0 heterocycles. The SMILES string of the molecule is C1=C\C=C/C=C\C=C/1.CC1=CC=C2CCCC[C]2C=C1. The molecule has 3 aliphatic carbocycles. The summed E-state index contributed by atoms with van der Waals surface area (Å²) in [6, 6.07) is 0. The first-order valence-electron chi connectivity index (χ1n) is 7.45. The van der Waals surface area contributed by atoms with E-state index in [1.54, 1.807) is 11.5 Å². The van der Waals surface area contributed by atoms with Crippen molar-refractivity contribution in [2.75, 3.05) is 0 Å². The summed E-state index contributed by atoms with van der Waals surface area (Å²) >= 11 is 0. The van der Waals surface area contributed by atoms with Gasteiger partial charge in [0.15, 0.2) is 0 Å². The van der Waals surface area contributed by atoms with Crippen LogP contribution >= 0.6 is 0 Å². The van der Waals surface area contributed by atoms with Gasteiger partial charge in [0.05, 0.1) is 0 Å². The zero-order valence-corrected chi connectivity index (χ0v) is 12.3. The molecule has 0 bridgehead atoms. The zero-order chi connectivity index (χ0) is 14.0. The van der Waals surface area contributed by atoms with E-state index >= 15 is 0 Å². The summed E-state index contributed by atoms with van der Waals surface area (Å²) in [5.74, 6) is 1.56. The van der Waals surface area contributed by atoms with E-state index in [0.717, 1.165) is 0 Å². The van der Waals surface area contributed by atoms with Crippen molar-refractivity contribution in [1.82, 2.24) is 0 Å². The average molecular weight is 263 g/mol. The zero-order valence-electron chi connectivity index (χ0n) is 12.3. The summed E-state index contributed by atoms with van der Waals surface area (Å²) in [4.78, 5) is 0. The van der Waals surface area contributed by atoms with Gasteiger partial charge in [0.2, 0.25) is 0 Å². The van der Waals surface area contributed by atoms with E-state index in [1.165, 1.54) is 31.3 Å². The molecular formula is C20H23. The number of hydrogen-bond acceptors (Lipinski definition) is 0. The van der Waals surface area contributed by atoms with E-state index in [1.807, 2.05) is 48.6 Å². The highest BCUT2D eigenvalue weighted by Crippen LogP contribution is 2.33. The molecule has 20 heavy (non-hydrogen) atoms. The minimum Gasteiger partial charge on any atom is -0.0728 e. The fourth-order valence-electron chi connectivity index (χ4n) is 2.37. The van der Waals surface area contributed by atoms with Crippen molar-refractivity contribution in [3.05, 3.63) is 90.0 Å². The Labute approximate surface area is 123 Å². The standard InChI is InChI=1S/C12H15.C8H8/c1-10-6-8-11-4-2-3-5-12(11)9-7-10;1-2-4-6-8-7-5-3-1/h6-9H,2-5H2,1H3;1-8H/b;2-1-,3-1?,4-2?,5-3-,6-4-,7-5?,8-6?,8-7-. The van der Waals surface area contributed by atoms with Crippen LogP contribution in [-0.4, -0.2) is 0 Å². The third-order valence-corrected chi connectivity index (χ3v) is 3.54. The quantitative estimate of drug-likeness (QED) is 0.518. The van der Waals surface area contributed by atoms with Crippen molar-refractivity contribution in [3.63, 3.8) is 0 Å². The molecule has 0 unspecified atom stereocenters. The van der Waals surface area contributed by atoms with Crippen molar-refractivity contribution < 1.29 is 0 Å². The monoisotopic (exact) mass is 263 g/mol. The molecule has 0 aromatic heterocycles. The van der Waals surface area contributed by atoms with Gasteiger partial charge in [-0.25, -0.2) is 0 Å². The second-order valence-corrected chi connectivity index (χ2v) is 5.21. The Kier molecular flexibility index (Phi) is 6.10. The van der Waals surface area contributed by atoms with Gasteiger partial charge in [-0.3, -0.25) is 0 Å². The number of fused-ring (bicyclic) bond motifs is 1. The topological polar surface area (TPSA) is 0 Å². The third kappa shape index (κ3) is 5.05. The summed E-state index contributed by atoms with van der Waals surface area (Å²) in [7, 11) is 0. The second-order valence-electron chi connectivity index (χ2n) is 5.21. The molecule has 0 aromatic carbocycles. The van der Waals surface area contributed by atoms with E-state index in [4.69, 9.17) is 0 Å². The smallest absolute Gasteiger partial charge is 0.0226 e. The van der Waals surface area contributed by atoms with Crippen LogP contribution in [0, 0.1) is 5.92 Å². The van der Waals surface area contributed by atoms with E-state index in [9.17, 15) is 0 Å². The van der Waals surface area contributed by atoms with Crippen LogP contribution in [0.1, 0.15) is 32.6 Å². The molecule has 0 nitrogen and oxygen atoms in total. The van der Waals surface area contributed by atoms with Crippen LogP contribution in [0.15, 0.2) is 84.1 Å². The molecule has 0 heteroatoms. The second kappa shape index (κ2) is 8.37. The van der Waals surface area contributed by atoms with Gasteiger partial charge in [-0.1, -0.05) is 90.5 Å². The lowest BCUT2D eigenvalue weighted by atomic mass is 9.84. The minimum atomic E-state index is 1.28. The Morgan fingerprint density at radius 1 is 0.650 bits per heavy atom. The Hall–Kier alpha value is -1.82. The molecule has 103 valence electrons. The fourth-order valence-corrected chi connectivity index (χ4v) is 2.37. The maximum absolute atomic E-state index is 2.30. The normalized spacial score (nSPS) is 27.2. The molecule has 0 spiro atoms. The highest BCUT2D eigenvalue weighted by molar-refractivity contribution is 5.43. The maximum atomic E-state index is 2.30. The highest BCUT2D eigenvalue weighted by Gasteiger charge is 2.16. The number of rotatable bonds is 0. The summed E-state index contributed by atoms with van der Waals surface area (Å²) in [5.41, 5.74) is 2.93. The first-order chi connectivity index (χ1) is 9.86. The van der Waals surface area contributed by atoms with Gasteiger partial charge >= 0.3 is 0 Å². The van der Waals surface area contributed by atoms with Crippen molar-refractivity contribution in [2.24, 2.45) is 0 Å². The Bertz CT molecular complexity index is 448. The molecule has 0 amide bonds. The summed E-state index contributed by atoms with van der Waals surface area (Å²) in [6.07, 6.45) is 30.3. The van der Waals surface area contributed by atoms with Crippen molar-refractivity contribution >= 4 is 0 Å². The van der Waals surface area contributed by atoms with Gasteiger partial charge in [-0.05, 0) is 26.2 Å². The van der Waals surface area contributed by atoms with Crippen molar-refractivity contribution in [1.29, 1.82) is 0 Å². The first kappa shape index (κ1) is 14.6. The van der Waals surface area contributed by atoms with E-state index in [-0.39, 0.29) is 0 Å². The van der Waals surface area contributed by atoms with Gasteiger partial charge in [-0.15, -0.1) is 0 Å². The van der Waals surface area contributed by atoms with Gasteiger partial charge in [0.1, 0.15) is 0 Å². The molecule has 3 aliphatic rings. The molecule has 1 fully saturated rings. The van der Waals surface area contributed by atoms with E-state index in [2.05, 4.69) is 31.2 Å². The predicted molar refractivity (Wildman–Crippen MR) is 89.3 cm³/mol. The van der Waals surface area contributed by atoms with E-state index < -0.39 is 0 Å². The lowest BCUT2D eigenvalue weighted by Gasteiger charge is -2.20. The molecule has 0 atom stereocenters. The fraction of sp³-hybridized carbons (Fsp3) is 0.250. The third-order valence-electron chi connectivity index (χ3n) is 3.54. The molecule has 0 aliphatic heterocycles. The molecule has 1 radical (unpaired) electrons. The van der Waals surface area contributed by atoms with Crippen LogP contribution in [0.5, 0.6) is 0 Å². The molecule has 0 N–H and O–H groups in total. The minimum absolute atomic E-state index is 1.28. The molecular weight excluding hydrogens is 240 g/mol. The van der Waals surface area contributed by atoms with Crippen molar-refractivity contribution in [2.45, 2.75) is 32.6 Å². The van der Waals surface area contributed by atoms with Gasteiger partial charge in [-0.2, -0.15) is 0 Å². The predicted octanol–water partition coefficient (Wildman–Crippen LogP) is 5.80. The first-order valence-corrected chi connectivity index (χ1v) is 7.45. The van der Waals surface area contributed by atoms with Crippen LogP contribution in [0.25, 0.3) is 0 Å². The summed E-state index contributed by atoms with van der Waals surface area (Å²) in [5, 5.41) is 0. The van der Waals surface area contributed by atoms with Crippen LogP contribution in [0.2, 0.25) is 0 Å². The Balaban J connectivity index is 0.000000160. The molecule has 1 saturated carbocycles. The van der Waals surface area contributed by atoms with Crippen molar-refractivity contribution in [3.8, 4) is 0 Å². The maximum Gasteiger partial charge on any atom is 0.0226 e. The highest BCUT2D eigenvalue weighted by atomic mass is 14.2. The lowest BCUT2D eigenvalue weighted by Crippen LogP contribution is -2.04. The summed E-state index contributed by atoms with van der Waals surface area (Å²) in [6.45, 7) is 2.16. The molecule has 0 aromatic rings. The largest absolute Gasteiger partial charge is 0.0728 e. The van der Waals surface area contributed by atoms with E-state index in [0.29, 0.717) is 0 Å². The Morgan fingerprint density at radius 3 is 1.80 bits per heavy atom. The van der Waals surface area contributed by atoms with Crippen LogP contribution in [0.3, 0.4) is 0 Å². The van der Waals surface area contributed by atoms with Crippen LogP contribution in [0.4, 0.5) is 0 Å². The van der Waals surface area contributed by atoms with Gasteiger partial charge in [0, 0.05) is 5.92 Å². The van der Waals surface area contributed by atoms with Crippen LogP contribution < -0.4 is 0 Å². The average Bonchev–Trinajstić information content (AvgIpc) is 2.62. The Morgan fingerprint density at radius 2 is 1.20 bits per heavy atom. The van der Waals surface area contributed by atoms with Crippen LogP contribution in [-0.2, 0) is 0 Å². The number of hydrogen-bond donors (Lipinski definition) is 0. The molecule has 3 rings (SSSR count). The van der Waals surface area contributed by atoms with Gasteiger partial charge < -0.3 is 0 Å². The number of allylic oxidation sites excluding steroid dienone is 14. The molecule has 0 saturated heterocycles. The van der Waals surface area contributed by atoms with Gasteiger partial charge in [0.25, 0.3) is 0 Å².